The Morgan fingerprint density at radius 1 is 1.17 bits per heavy atom. The van der Waals surface area contributed by atoms with Crippen LogP contribution in [0.4, 0.5) is 4.39 Å². The van der Waals surface area contributed by atoms with Crippen molar-refractivity contribution in [3.05, 3.63) is 12.7 Å². The molecule has 0 heterocycles. The molecule has 1 unspecified atom stereocenters. The van der Waals surface area contributed by atoms with Crippen LogP contribution < -0.4 is 0 Å². The third-order valence-electron chi connectivity index (χ3n) is 1.91. The number of alkyl halides is 1. The summed E-state index contributed by atoms with van der Waals surface area (Å²) in [5, 5.41) is 9.08. The normalized spacial score (nSPS) is 12.8. The Balaban J connectivity index is 2.95. The maximum atomic E-state index is 11.6. The molecule has 0 radical (unpaired) electrons. The van der Waals surface area contributed by atoms with Crippen LogP contribution in [0.5, 0.6) is 0 Å². The quantitative estimate of drug-likeness (QED) is 0.443. The average molecular weight is 174 g/mol. The Labute approximate surface area is 74.3 Å². The van der Waals surface area contributed by atoms with Gasteiger partial charge in [-0.05, 0) is 12.8 Å². The van der Waals surface area contributed by atoms with Gasteiger partial charge in [0.1, 0.15) is 0 Å². The molecule has 12 heavy (non-hydrogen) atoms. The summed E-state index contributed by atoms with van der Waals surface area (Å²) in [7, 11) is 0. The van der Waals surface area contributed by atoms with E-state index in [2.05, 4.69) is 6.58 Å². The van der Waals surface area contributed by atoms with E-state index in [4.69, 9.17) is 5.11 Å². The maximum absolute atomic E-state index is 11.6. The SMILES string of the molecule is C=CC(O)CCCCCCCF. The van der Waals surface area contributed by atoms with E-state index in [1.165, 1.54) is 0 Å². The first-order valence-electron chi connectivity index (χ1n) is 4.68. The molecule has 0 spiro atoms. The molecule has 0 bridgehead atoms. The number of rotatable bonds is 8. The van der Waals surface area contributed by atoms with E-state index in [0.717, 1.165) is 32.1 Å². The van der Waals surface area contributed by atoms with E-state index in [0.29, 0.717) is 6.42 Å². The fraction of sp³-hybridized carbons (Fsp3) is 0.800. The molecule has 0 aromatic heterocycles. The van der Waals surface area contributed by atoms with Crippen molar-refractivity contribution in [2.24, 2.45) is 0 Å². The lowest BCUT2D eigenvalue weighted by Crippen LogP contribution is -2.00. The molecule has 0 aliphatic carbocycles. The Morgan fingerprint density at radius 2 is 1.75 bits per heavy atom. The molecule has 1 nitrogen and oxygen atoms in total. The topological polar surface area (TPSA) is 20.2 Å². The first kappa shape index (κ1) is 11.6. The van der Waals surface area contributed by atoms with Crippen molar-refractivity contribution in [1.29, 1.82) is 0 Å². The van der Waals surface area contributed by atoms with Crippen LogP contribution >= 0.6 is 0 Å². The van der Waals surface area contributed by atoms with E-state index in [9.17, 15) is 4.39 Å². The van der Waals surface area contributed by atoms with Crippen LogP contribution in [0.2, 0.25) is 0 Å². The highest BCUT2D eigenvalue weighted by Gasteiger charge is 1.96. The van der Waals surface area contributed by atoms with E-state index in [1.54, 1.807) is 6.08 Å². The van der Waals surface area contributed by atoms with Crippen molar-refractivity contribution in [3.63, 3.8) is 0 Å². The van der Waals surface area contributed by atoms with Crippen LogP contribution in [0.1, 0.15) is 38.5 Å². The summed E-state index contributed by atoms with van der Waals surface area (Å²) in [6.07, 6.45) is 6.83. The lowest BCUT2D eigenvalue weighted by atomic mass is 10.1. The van der Waals surface area contributed by atoms with E-state index >= 15 is 0 Å². The smallest absolute Gasteiger partial charge is 0.0894 e. The second-order valence-electron chi connectivity index (χ2n) is 3.05. The Kier molecular flexibility index (Phi) is 8.46. The van der Waals surface area contributed by atoms with E-state index in [-0.39, 0.29) is 12.8 Å². The van der Waals surface area contributed by atoms with Crippen molar-refractivity contribution in [2.45, 2.75) is 44.6 Å². The summed E-state index contributed by atoms with van der Waals surface area (Å²) in [4.78, 5) is 0. The molecule has 1 atom stereocenters. The predicted molar refractivity (Wildman–Crippen MR) is 49.9 cm³/mol. The lowest BCUT2D eigenvalue weighted by molar-refractivity contribution is 0.208. The average Bonchev–Trinajstić information content (AvgIpc) is 2.10. The van der Waals surface area contributed by atoms with Crippen LogP contribution in [0.15, 0.2) is 12.7 Å². The third-order valence-corrected chi connectivity index (χ3v) is 1.91. The minimum absolute atomic E-state index is 0.199. The van der Waals surface area contributed by atoms with Gasteiger partial charge in [-0.25, -0.2) is 0 Å². The maximum Gasteiger partial charge on any atom is 0.0894 e. The second kappa shape index (κ2) is 8.72. The largest absolute Gasteiger partial charge is 0.389 e. The van der Waals surface area contributed by atoms with Gasteiger partial charge in [-0.2, -0.15) is 0 Å². The number of hydrogen-bond donors (Lipinski definition) is 1. The zero-order chi connectivity index (χ0) is 9.23. The third kappa shape index (κ3) is 7.73. The minimum atomic E-state index is -0.355. The first-order chi connectivity index (χ1) is 5.81. The lowest BCUT2D eigenvalue weighted by Gasteiger charge is -2.03. The zero-order valence-electron chi connectivity index (χ0n) is 7.64. The summed E-state index contributed by atoms with van der Waals surface area (Å²) in [6.45, 7) is 3.29. The van der Waals surface area contributed by atoms with Crippen LogP contribution in [0.3, 0.4) is 0 Å². The molecule has 72 valence electrons. The van der Waals surface area contributed by atoms with Crippen molar-refractivity contribution in [2.75, 3.05) is 6.67 Å². The van der Waals surface area contributed by atoms with E-state index in [1.807, 2.05) is 0 Å². The van der Waals surface area contributed by atoms with Crippen LogP contribution in [0, 0.1) is 0 Å². The molecule has 0 saturated heterocycles. The van der Waals surface area contributed by atoms with Crippen molar-refractivity contribution in [1.82, 2.24) is 0 Å². The number of unbranched alkanes of at least 4 members (excludes halogenated alkanes) is 4. The molecule has 0 aromatic rings. The monoisotopic (exact) mass is 174 g/mol. The number of aliphatic hydroxyl groups is 1. The van der Waals surface area contributed by atoms with Gasteiger partial charge in [-0.15, -0.1) is 6.58 Å². The van der Waals surface area contributed by atoms with Gasteiger partial charge in [-0.1, -0.05) is 31.8 Å². The molecule has 0 rings (SSSR count). The Morgan fingerprint density at radius 3 is 2.33 bits per heavy atom. The Hall–Kier alpha value is -0.370. The molecular weight excluding hydrogens is 155 g/mol. The summed E-state index contributed by atoms with van der Waals surface area (Å²) < 4.78 is 11.6. The highest BCUT2D eigenvalue weighted by Crippen LogP contribution is 2.07. The van der Waals surface area contributed by atoms with Crippen LogP contribution in [-0.4, -0.2) is 17.9 Å². The summed E-state index contributed by atoms with van der Waals surface area (Å²) >= 11 is 0. The highest BCUT2D eigenvalue weighted by molar-refractivity contribution is 4.77. The zero-order valence-corrected chi connectivity index (χ0v) is 7.64. The number of halogens is 1. The molecule has 2 heteroatoms. The van der Waals surface area contributed by atoms with Gasteiger partial charge in [0, 0.05) is 0 Å². The van der Waals surface area contributed by atoms with Gasteiger partial charge in [0.05, 0.1) is 12.8 Å². The van der Waals surface area contributed by atoms with Gasteiger partial charge >= 0.3 is 0 Å². The van der Waals surface area contributed by atoms with Crippen molar-refractivity contribution in [3.8, 4) is 0 Å². The molecule has 0 aromatic carbocycles. The molecular formula is C10H19FO. The minimum Gasteiger partial charge on any atom is -0.389 e. The molecule has 0 aliphatic rings. The fourth-order valence-electron chi connectivity index (χ4n) is 1.10. The molecule has 0 fully saturated rings. The molecule has 0 saturated carbocycles. The van der Waals surface area contributed by atoms with Gasteiger partial charge in [0.15, 0.2) is 0 Å². The second-order valence-corrected chi connectivity index (χ2v) is 3.05. The van der Waals surface area contributed by atoms with Crippen LogP contribution in [0.25, 0.3) is 0 Å². The summed E-state index contributed by atoms with van der Waals surface area (Å²) in [5.41, 5.74) is 0. The molecule has 0 aliphatic heterocycles. The number of aliphatic hydroxyl groups excluding tert-OH is 1. The fourth-order valence-corrected chi connectivity index (χ4v) is 1.10. The van der Waals surface area contributed by atoms with Crippen molar-refractivity contribution < 1.29 is 9.50 Å². The van der Waals surface area contributed by atoms with Gasteiger partial charge in [-0.3, -0.25) is 4.39 Å². The van der Waals surface area contributed by atoms with Crippen molar-refractivity contribution >= 4 is 0 Å². The molecule has 0 amide bonds. The summed E-state index contributed by atoms with van der Waals surface area (Å²) in [6, 6.07) is 0. The molecule has 1 N–H and O–H groups in total. The summed E-state index contributed by atoms with van der Waals surface area (Å²) in [5.74, 6) is 0. The number of hydrogen-bond acceptors (Lipinski definition) is 1. The first-order valence-corrected chi connectivity index (χ1v) is 4.68. The van der Waals surface area contributed by atoms with Gasteiger partial charge in [0.2, 0.25) is 0 Å². The van der Waals surface area contributed by atoms with Crippen LogP contribution in [-0.2, 0) is 0 Å². The standard InChI is InChI=1S/C10H19FO/c1-2-10(12)8-6-4-3-5-7-9-11/h2,10,12H,1,3-9H2. The Bertz CT molecular complexity index is 104. The van der Waals surface area contributed by atoms with E-state index < -0.39 is 0 Å². The highest BCUT2D eigenvalue weighted by atomic mass is 19.1. The van der Waals surface area contributed by atoms with Gasteiger partial charge < -0.3 is 5.11 Å². The predicted octanol–water partition coefficient (Wildman–Crippen LogP) is 2.84. The van der Waals surface area contributed by atoms with Gasteiger partial charge in [0.25, 0.3) is 0 Å².